The van der Waals surface area contributed by atoms with Gasteiger partial charge in [-0.1, -0.05) is 35.9 Å². The highest BCUT2D eigenvalue weighted by atomic mass is 35.5. The van der Waals surface area contributed by atoms with Gasteiger partial charge in [0.15, 0.2) is 0 Å². The van der Waals surface area contributed by atoms with Crippen molar-refractivity contribution in [2.45, 2.75) is 23.4 Å². The molecule has 1 saturated heterocycles. The van der Waals surface area contributed by atoms with E-state index in [1.807, 2.05) is 54.8 Å². The van der Waals surface area contributed by atoms with Crippen LogP contribution in [0.15, 0.2) is 53.4 Å². The first-order valence-electron chi connectivity index (χ1n) is 7.38. The summed E-state index contributed by atoms with van der Waals surface area (Å²) >= 11 is 7.87. The van der Waals surface area contributed by atoms with E-state index in [0.717, 1.165) is 16.1 Å². The molecule has 0 aromatic heterocycles. The molecule has 1 amide bonds. The molecule has 2 atom stereocenters. The average molecular weight is 348 g/mol. The van der Waals surface area contributed by atoms with Crippen LogP contribution in [-0.2, 0) is 4.79 Å². The Balaban J connectivity index is 1.64. The van der Waals surface area contributed by atoms with Crippen LogP contribution in [0.3, 0.4) is 0 Å². The number of rotatable bonds is 4. The fourth-order valence-corrected chi connectivity index (χ4v) is 3.35. The predicted molar refractivity (Wildman–Crippen MR) is 95.7 cm³/mol. The molecular formula is C17H18ClN3OS. The molecule has 1 heterocycles. The normalized spacial score (nSPS) is 20.4. The van der Waals surface area contributed by atoms with Gasteiger partial charge in [-0.3, -0.25) is 4.79 Å². The highest BCUT2D eigenvalue weighted by Crippen LogP contribution is 2.28. The number of hydrazine groups is 1. The van der Waals surface area contributed by atoms with Crippen molar-refractivity contribution in [3.8, 4) is 0 Å². The fraction of sp³-hybridized carbons (Fsp3) is 0.235. The lowest BCUT2D eigenvalue weighted by molar-refractivity contribution is -0.117. The number of halogens is 1. The molecule has 0 spiro atoms. The minimum absolute atomic E-state index is 0.0250. The maximum Gasteiger partial charge on any atom is 0.242 e. The van der Waals surface area contributed by atoms with E-state index in [2.05, 4.69) is 16.2 Å². The SMILES string of the molecule is CSc1cccc(NC(=O)C2CC(c3ccccc3Cl)NN2)c1. The van der Waals surface area contributed by atoms with Crippen molar-refractivity contribution in [1.82, 2.24) is 10.9 Å². The van der Waals surface area contributed by atoms with E-state index in [9.17, 15) is 4.79 Å². The number of carbonyl (C=O) groups excluding carboxylic acids is 1. The molecule has 6 heteroatoms. The number of carbonyl (C=O) groups is 1. The topological polar surface area (TPSA) is 53.2 Å². The van der Waals surface area contributed by atoms with Gasteiger partial charge < -0.3 is 5.32 Å². The molecule has 3 N–H and O–H groups in total. The van der Waals surface area contributed by atoms with E-state index in [1.165, 1.54) is 0 Å². The van der Waals surface area contributed by atoms with Gasteiger partial charge in [-0.05, 0) is 42.5 Å². The summed E-state index contributed by atoms with van der Waals surface area (Å²) in [4.78, 5) is 13.5. The van der Waals surface area contributed by atoms with Crippen LogP contribution in [0.5, 0.6) is 0 Å². The Labute approximate surface area is 145 Å². The summed E-state index contributed by atoms with van der Waals surface area (Å²) in [6, 6.07) is 15.2. The monoisotopic (exact) mass is 347 g/mol. The molecule has 2 unspecified atom stereocenters. The first-order chi connectivity index (χ1) is 11.2. The first-order valence-corrected chi connectivity index (χ1v) is 8.98. The minimum atomic E-state index is -0.297. The van der Waals surface area contributed by atoms with E-state index < -0.39 is 0 Å². The molecule has 23 heavy (non-hydrogen) atoms. The van der Waals surface area contributed by atoms with Gasteiger partial charge in [0.05, 0.1) is 0 Å². The molecule has 0 saturated carbocycles. The van der Waals surface area contributed by atoms with Gasteiger partial charge in [0, 0.05) is 21.6 Å². The van der Waals surface area contributed by atoms with Gasteiger partial charge in [0.1, 0.15) is 6.04 Å². The maximum atomic E-state index is 12.4. The molecule has 2 aromatic rings. The van der Waals surface area contributed by atoms with Crippen LogP contribution in [-0.4, -0.2) is 18.2 Å². The summed E-state index contributed by atoms with van der Waals surface area (Å²) in [5.74, 6) is -0.0506. The second-order valence-corrected chi connectivity index (χ2v) is 6.66. The molecule has 1 aliphatic rings. The quantitative estimate of drug-likeness (QED) is 0.739. The zero-order valence-electron chi connectivity index (χ0n) is 12.7. The average Bonchev–Trinajstić information content (AvgIpc) is 3.05. The molecule has 0 aliphatic carbocycles. The van der Waals surface area contributed by atoms with E-state index in [1.54, 1.807) is 11.8 Å². The first kappa shape index (κ1) is 16.3. The van der Waals surface area contributed by atoms with Crippen molar-refractivity contribution in [2.75, 3.05) is 11.6 Å². The third-order valence-electron chi connectivity index (χ3n) is 3.84. The van der Waals surface area contributed by atoms with E-state index in [-0.39, 0.29) is 18.0 Å². The molecule has 0 bridgehead atoms. The molecule has 2 aromatic carbocycles. The van der Waals surface area contributed by atoms with Gasteiger partial charge >= 0.3 is 0 Å². The van der Waals surface area contributed by atoms with E-state index in [0.29, 0.717) is 11.4 Å². The summed E-state index contributed by atoms with van der Waals surface area (Å²) in [6.07, 6.45) is 2.66. The molecule has 1 aliphatic heterocycles. The second kappa shape index (κ2) is 7.36. The zero-order chi connectivity index (χ0) is 16.2. The van der Waals surface area contributed by atoms with Crippen molar-refractivity contribution >= 4 is 35.0 Å². The van der Waals surface area contributed by atoms with E-state index in [4.69, 9.17) is 11.6 Å². The standard InChI is InChI=1S/C17H18ClN3OS/c1-23-12-6-4-5-11(9-12)19-17(22)16-10-15(20-21-16)13-7-2-3-8-14(13)18/h2-9,15-16,20-21H,10H2,1H3,(H,19,22). The Bertz CT molecular complexity index is 710. The van der Waals surface area contributed by atoms with Crippen molar-refractivity contribution in [2.24, 2.45) is 0 Å². The number of anilines is 1. The summed E-state index contributed by atoms with van der Waals surface area (Å²) in [5.41, 5.74) is 8.02. The lowest BCUT2D eigenvalue weighted by atomic mass is 10.0. The van der Waals surface area contributed by atoms with Crippen LogP contribution in [0, 0.1) is 0 Å². The highest BCUT2D eigenvalue weighted by Gasteiger charge is 2.31. The van der Waals surface area contributed by atoms with Gasteiger partial charge in [-0.25, -0.2) is 10.9 Å². The fourth-order valence-electron chi connectivity index (χ4n) is 2.62. The summed E-state index contributed by atoms with van der Waals surface area (Å²) < 4.78 is 0. The number of benzene rings is 2. The maximum absolute atomic E-state index is 12.4. The Morgan fingerprint density at radius 3 is 2.83 bits per heavy atom. The molecule has 120 valence electrons. The number of hydrogen-bond acceptors (Lipinski definition) is 4. The highest BCUT2D eigenvalue weighted by molar-refractivity contribution is 7.98. The van der Waals surface area contributed by atoms with Crippen LogP contribution in [0.2, 0.25) is 5.02 Å². The summed E-state index contributed by atoms with van der Waals surface area (Å²) in [6.45, 7) is 0. The van der Waals surface area contributed by atoms with Crippen molar-refractivity contribution in [1.29, 1.82) is 0 Å². The lowest BCUT2D eigenvalue weighted by Crippen LogP contribution is -2.39. The third-order valence-corrected chi connectivity index (χ3v) is 4.91. The molecule has 0 radical (unpaired) electrons. The predicted octanol–water partition coefficient (Wildman–Crippen LogP) is 3.61. The summed E-state index contributed by atoms with van der Waals surface area (Å²) in [7, 11) is 0. The van der Waals surface area contributed by atoms with E-state index >= 15 is 0 Å². The van der Waals surface area contributed by atoms with Crippen LogP contribution in [0.25, 0.3) is 0 Å². The van der Waals surface area contributed by atoms with Crippen molar-refractivity contribution in [3.63, 3.8) is 0 Å². The smallest absolute Gasteiger partial charge is 0.242 e. The number of hydrogen-bond donors (Lipinski definition) is 3. The molecule has 4 nitrogen and oxygen atoms in total. The van der Waals surface area contributed by atoms with Crippen molar-refractivity contribution < 1.29 is 4.79 Å². The Morgan fingerprint density at radius 1 is 1.22 bits per heavy atom. The third kappa shape index (κ3) is 3.87. The molecule has 3 rings (SSSR count). The number of thioether (sulfide) groups is 1. The second-order valence-electron chi connectivity index (χ2n) is 5.37. The zero-order valence-corrected chi connectivity index (χ0v) is 14.2. The van der Waals surface area contributed by atoms with Crippen LogP contribution in [0.4, 0.5) is 5.69 Å². The van der Waals surface area contributed by atoms with Crippen LogP contribution >= 0.6 is 23.4 Å². The Kier molecular flexibility index (Phi) is 5.23. The van der Waals surface area contributed by atoms with Crippen LogP contribution < -0.4 is 16.2 Å². The molecular weight excluding hydrogens is 330 g/mol. The van der Waals surface area contributed by atoms with Crippen molar-refractivity contribution in [3.05, 3.63) is 59.1 Å². The lowest BCUT2D eigenvalue weighted by Gasteiger charge is -2.12. The van der Waals surface area contributed by atoms with Gasteiger partial charge in [-0.2, -0.15) is 0 Å². The van der Waals surface area contributed by atoms with Gasteiger partial charge in [-0.15, -0.1) is 11.8 Å². The number of nitrogens with one attached hydrogen (secondary N) is 3. The van der Waals surface area contributed by atoms with Crippen LogP contribution in [0.1, 0.15) is 18.0 Å². The number of amides is 1. The summed E-state index contributed by atoms with van der Waals surface area (Å²) in [5, 5.41) is 3.67. The minimum Gasteiger partial charge on any atom is -0.325 e. The largest absolute Gasteiger partial charge is 0.325 e. The van der Waals surface area contributed by atoms with Gasteiger partial charge in [0.25, 0.3) is 0 Å². The Hall–Kier alpha value is -1.53. The van der Waals surface area contributed by atoms with Gasteiger partial charge in [0.2, 0.25) is 5.91 Å². The Morgan fingerprint density at radius 2 is 2.04 bits per heavy atom. The molecule has 1 fully saturated rings.